The maximum Gasteiger partial charge on any atom is 0.256 e. The van der Waals surface area contributed by atoms with Crippen molar-refractivity contribution < 1.29 is 13.6 Å². The highest BCUT2D eigenvalue weighted by Gasteiger charge is 2.20. The molecule has 1 N–H and O–H groups in total. The number of rotatable bonds is 3. The zero-order chi connectivity index (χ0) is 20.7. The fourth-order valence-corrected chi connectivity index (χ4v) is 3.31. The van der Waals surface area contributed by atoms with E-state index >= 15 is 0 Å². The van der Waals surface area contributed by atoms with Crippen molar-refractivity contribution in [3.8, 4) is 5.69 Å². The SMILES string of the molecule is Cc1cc(C(=O)Nc2ccc(F)cc2C)c2c(C)nn(-c3ccc(F)cc3)c2n1. The fraction of sp³-hybridized carbons (Fsp3) is 0.136. The summed E-state index contributed by atoms with van der Waals surface area (Å²) in [5, 5.41) is 7.96. The van der Waals surface area contributed by atoms with E-state index in [1.807, 2.05) is 0 Å². The third-order valence-corrected chi connectivity index (χ3v) is 4.69. The Bertz CT molecular complexity index is 1250. The molecule has 0 aliphatic rings. The van der Waals surface area contributed by atoms with Gasteiger partial charge < -0.3 is 5.32 Å². The van der Waals surface area contributed by atoms with E-state index < -0.39 is 0 Å². The Kier molecular flexibility index (Phi) is 4.58. The Hall–Kier alpha value is -3.61. The summed E-state index contributed by atoms with van der Waals surface area (Å²) in [7, 11) is 0. The fourth-order valence-electron chi connectivity index (χ4n) is 3.31. The zero-order valence-corrected chi connectivity index (χ0v) is 16.1. The molecule has 0 saturated heterocycles. The van der Waals surface area contributed by atoms with Crippen LogP contribution in [0.15, 0.2) is 48.5 Å². The average molecular weight is 392 g/mol. The molecule has 4 aromatic rings. The second-order valence-electron chi connectivity index (χ2n) is 6.90. The van der Waals surface area contributed by atoms with Crippen molar-refractivity contribution in [2.24, 2.45) is 0 Å². The third-order valence-electron chi connectivity index (χ3n) is 4.69. The van der Waals surface area contributed by atoms with Crippen LogP contribution in [0.2, 0.25) is 0 Å². The van der Waals surface area contributed by atoms with Crippen LogP contribution in [0.4, 0.5) is 14.5 Å². The second kappa shape index (κ2) is 7.09. The molecule has 2 aromatic carbocycles. The minimum absolute atomic E-state index is 0.336. The standard InChI is InChI=1S/C22H18F2N4O/c1-12-10-16(24)6-9-19(12)26-22(29)18-11-13(2)25-21-20(18)14(3)27-28(21)17-7-4-15(23)5-8-17/h4-11H,1-3H3,(H,26,29). The van der Waals surface area contributed by atoms with E-state index in [1.165, 1.54) is 30.3 Å². The Balaban J connectivity index is 1.82. The minimum Gasteiger partial charge on any atom is -0.322 e. The molecule has 0 unspecified atom stereocenters. The lowest BCUT2D eigenvalue weighted by Crippen LogP contribution is -2.14. The molecule has 0 fully saturated rings. The van der Waals surface area contributed by atoms with E-state index in [1.54, 1.807) is 43.7 Å². The van der Waals surface area contributed by atoms with Gasteiger partial charge in [-0.25, -0.2) is 18.4 Å². The van der Waals surface area contributed by atoms with Gasteiger partial charge in [0.1, 0.15) is 11.6 Å². The molecule has 0 aliphatic carbocycles. The molecule has 0 aliphatic heterocycles. The molecule has 2 heterocycles. The highest BCUT2D eigenvalue weighted by atomic mass is 19.1. The van der Waals surface area contributed by atoms with Gasteiger partial charge in [-0.2, -0.15) is 5.10 Å². The first-order chi connectivity index (χ1) is 13.8. The zero-order valence-electron chi connectivity index (χ0n) is 16.1. The molecule has 29 heavy (non-hydrogen) atoms. The van der Waals surface area contributed by atoms with Crippen LogP contribution in [-0.2, 0) is 0 Å². The molecule has 0 saturated carbocycles. The van der Waals surface area contributed by atoms with Crippen LogP contribution in [0.3, 0.4) is 0 Å². The number of nitrogens with zero attached hydrogens (tertiary/aromatic N) is 3. The summed E-state index contributed by atoms with van der Waals surface area (Å²) < 4.78 is 28.2. The van der Waals surface area contributed by atoms with Crippen LogP contribution in [0.5, 0.6) is 0 Å². The predicted octanol–water partition coefficient (Wildman–Crippen LogP) is 4.88. The Labute approximate surface area is 166 Å². The Morgan fingerprint density at radius 3 is 2.34 bits per heavy atom. The number of pyridine rings is 1. The van der Waals surface area contributed by atoms with E-state index in [0.717, 1.165) is 0 Å². The Morgan fingerprint density at radius 2 is 1.66 bits per heavy atom. The molecular weight excluding hydrogens is 374 g/mol. The molecule has 1 amide bonds. The number of aromatic nitrogens is 3. The molecule has 5 nitrogen and oxygen atoms in total. The maximum atomic E-state index is 13.4. The van der Waals surface area contributed by atoms with Gasteiger partial charge in [-0.05, 0) is 74.9 Å². The quantitative estimate of drug-likeness (QED) is 0.541. The molecule has 0 radical (unpaired) electrons. The Morgan fingerprint density at radius 1 is 0.966 bits per heavy atom. The lowest BCUT2D eigenvalue weighted by Gasteiger charge is -2.10. The smallest absolute Gasteiger partial charge is 0.256 e. The number of carbonyl (C=O) groups is 1. The van der Waals surface area contributed by atoms with E-state index in [9.17, 15) is 13.6 Å². The number of amides is 1. The first-order valence-corrected chi connectivity index (χ1v) is 9.04. The second-order valence-corrected chi connectivity index (χ2v) is 6.90. The normalized spacial score (nSPS) is 11.1. The number of nitrogens with one attached hydrogen (secondary N) is 1. The van der Waals surface area contributed by atoms with E-state index in [0.29, 0.717) is 44.9 Å². The summed E-state index contributed by atoms with van der Waals surface area (Å²) in [4.78, 5) is 17.6. The summed E-state index contributed by atoms with van der Waals surface area (Å²) in [5.74, 6) is -1.04. The summed E-state index contributed by atoms with van der Waals surface area (Å²) in [6.07, 6.45) is 0. The summed E-state index contributed by atoms with van der Waals surface area (Å²) >= 11 is 0. The van der Waals surface area contributed by atoms with Gasteiger partial charge in [-0.1, -0.05) is 0 Å². The van der Waals surface area contributed by atoms with Crippen molar-refractivity contribution in [2.75, 3.05) is 5.32 Å². The van der Waals surface area contributed by atoms with Gasteiger partial charge in [0.2, 0.25) is 0 Å². The highest BCUT2D eigenvalue weighted by Crippen LogP contribution is 2.26. The van der Waals surface area contributed by atoms with Gasteiger partial charge in [-0.15, -0.1) is 0 Å². The van der Waals surface area contributed by atoms with Gasteiger partial charge in [0.15, 0.2) is 5.65 Å². The van der Waals surface area contributed by atoms with E-state index in [4.69, 9.17) is 0 Å². The van der Waals surface area contributed by atoms with Crippen molar-refractivity contribution in [2.45, 2.75) is 20.8 Å². The number of fused-ring (bicyclic) bond motifs is 1. The lowest BCUT2D eigenvalue weighted by atomic mass is 10.1. The van der Waals surface area contributed by atoms with Crippen LogP contribution in [0.25, 0.3) is 16.7 Å². The number of carbonyl (C=O) groups excluding carboxylic acids is 1. The number of halogens is 2. The lowest BCUT2D eigenvalue weighted by molar-refractivity contribution is 0.102. The monoisotopic (exact) mass is 392 g/mol. The van der Waals surface area contributed by atoms with Crippen molar-refractivity contribution in [3.63, 3.8) is 0 Å². The molecule has 0 spiro atoms. The van der Waals surface area contributed by atoms with E-state index in [-0.39, 0.29) is 17.5 Å². The molecule has 146 valence electrons. The molecule has 7 heteroatoms. The van der Waals surface area contributed by atoms with Crippen molar-refractivity contribution >= 4 is 22.6 Å². The first kappa shape index (κ1) is 18.7. The number of anilines is 1. The third kappa shape index (κ3) is 3.47. The van der Waals surface area contributed by atoms with Crippen molar-refractivity contribution in [1.82, 2.24) is 14.8 Å². The van der Waals surface area contributed by atoms with Gasteiger partial charge >= 0.3 is 0 Å². The van der Waals surface area contributed by atoms with Crippen molar-refractivity contribution in [1.29, 1.82) is 0 Å². The van der Waals surface area contributed by atoms with E-state index in [2.05, 4.69) is 15.4 Å². The van der Waals surface area contributed by atoms with Gasteiger partial charge in [0.25, 0.3) is 5.91 Å². The summed E-state index contributed by atoms with van der Waals surface area (Å²) in [6, 6.07) is 11.8. The van der Waals surface area contributed by atoms with Crippen LogP contribution < -0.4 is 5.32 Å². The minimum atomic E-state index is -0.362. The molecule has 0 bridgehead atoms. The van der Waals surface area contributed by atoms with Crippen LogP contribution in [0, 0.1) is 32.4 Å². The van der Waals surface area contributed by atoms with Crippen LogP contribution in [-0.4, -0.2) is 20.7 Å². The predicted molar refractivity (Wildman–Crippen MR) is 107 cm³/mol. The van der Waals surface area contributed by atoms with Crippen LogP contribution in [0.1, 0.15) is 27.3 Å². The number of benzene rings is 2. The number of hydrogen-bond donors (Lipinski definition) is 1. The number of hydrogen-bond acceptors (Lipinski definition) is 3. The van der Waals surface area contributed by atoms with Gasteiger partial charge in [0.05, 0.1) is 22.3 Å². The summed E-state index contributed by atoms with van der Waals surface area (Å²) in [5.41, 5.74) is 3.99. The first-order valence-electron chi connectivity index (χ1n) is 9.04. The van der Waals surface area contributed by atoms with Crippen molar-refractivity contribution in [3.05, 3.63) is 82.7 Å². The highest BCUT2D eigenvalue weighted by molar-refractivity contribution is 6.13. The molecule has 2 aromatic heterocycles. The maximum absolute atomic E-state index is 13.4. The topological polar surface area (TPSA) is 59.8 Å². The number of aryl methyl sites for hydroxylation is 3. The molecule has 0 atom stereocenters. The summed E-state index contributed by atoms with van der Waals surface area (Å²) in [6.45, 7) is 5.31. The van der Waals surface area contributed by atoms with Crippen LogP contribution >= 0.6 is 0 Å². The molecular formula is C22H18F2N4O. The van der Waals surface area contributed by atoms with Gasteiger partial charge in [0, 0.05) is 11.4 Å². The average Bonchev–Trinajstić information content (AvgIpc) is 3.00. The van der Waals surface area contributed by atoms with Gasteiger partial charge in [-0.3, -0.25) is 4.79 Å². The molecule has 4 rings (SSSR count). The largest absolute Gasteiger partial charge is 0.322 e.